The summed E-state index contributed by atoms with van der Waals surface area (Å²) >= 11 is 6.50. The molecule has 0 spiro atoms. The van der Waals surface area contributed by atoms with Gasteiger partial charge in [0.25, 0.3) is 0 Å². The van der Waals surface area contributed by atoms with Crippen molar-refractivity contribution in [2.24, 2.45) is 5.41 Å². The first kappa shape index (κ1) is 21.9. The third-order valence-corrected chi connectivity index (χ3v) is 5.52. The second-order valence-corrected chi connectivity index (χ2v) is 8.96. The molecule has 3 rings (SSSR count). The van der Waals surface area contributed by atoms with Gasteiger partial charge in [-0.3, -0.25) is 9.59 Å². The molecule has 2 amide bonds. The second kappa shape index (κ2) is 8.92. The summed E-state index contributed by atoms with van der Waals surface area (Å²) in [5, 5.41) is 7.51. The van der Waals surface area contributed by atoms with Gasteiger partial charge in [-0.25, -0.2) is 0 Å². The zero-order valence-corrected chi connectivity index (χ0v) is 18.5. The lowest BCUT2D eigenvalue weighted by molar-refractivity contribution is -0.133. The minimum atomic E-state index is -0.633. The van der Waals surface area contributed by atoms with Crippen molar-refractivity contribution in [1.82, 2.24) is 15.6 Å². The number of H-pyrrole nitrogens is 1. The zero-order valence-electron chi connectivity index (χ0n) is 17.8. The van der Waals surface area contributed by atoms with Gasteiger partial charge in [-0.2, -0.15) is 0 Å². The van der Waals surface area contributed by atoms with Crippen LogP contribution < -0.4 is 10.6 Å². The smallest absolute Gasteiger partial charge is 0.242 e. The molecule has 0 aliphatic rings. The number of amides is 2. The Kier molecular flexibility index (Phi) is 6.52. The van der Waals surface area contributed by atoms with Crippen LogP contribution in [0.2, 0.25) is 5.02 Å². The van der Waals surface area contributed by atoms with Crippen molar-refractivity contribution in [3.63, 3.8) is 0 Å². The number of aromatic amines is 1. The van der Waals surface area contributed by atoms with E-state index >= 15 is 0 Å². The number of halogens is 1. The fraction of sp³-hybridized carbons (Fsp3) is 0.333. The van der Waals surface area contributed by atoms with Crippen LogP contribution in [0.25, 0.3) is 10.9 Å². The van der Waals surface area contributed by atoms with Crippen LogP contribution in [0.5, 0.6) is 0 Å². The SMILES string of the molecule is C[C@H](NC(=O)C(C)(C)C)C(=O)NC[C@@H](c1ccccc1Cl)c1c[nH]c2ccccc12. The number of carbonyl (C=O) groups is 2. The third kappa shape index (κ3) is 4.85. The third-order valence-electron chi connectivity index (χ3n) is 5.18. The van der Waals surface area contributed by atoms with Crippen molar-refractivity contribution in [2.75, 3.05) is 6.54 Å². The Morgan fingerprint density at radius 1 is 1.03 bits per heavy atom. The first-order valence-corrected chi connectivity index (χ1v) is 10.5. The van der Waals surface area contributed by atoms with Crippen molar-refractivity contribution in [2.45, 2.75) is 39.7 Å². The summed E-state index contributed by atoms with van der Waals surface area (Å²) < 4.78 is 0. The predicted octanol–water partition coefficient (Wildman–Crippen LogP) is 4.62. The molecule has 0 saturated heterocycles. The van der Waals surface area contributed by atoms with Gasteiger partial charge in [0.05, 0.1) is 0 Å². The van der Waals surface area contributed by atoms with Crippen molar-refractivity contribution in [3.05, 3.63) is 70.9 Å². The van der Waals surface area contributed by atoms with Gasteiger partial charge in [-0.1, -0.05) is 68.8 Å². The highest BCUT2D eigenvalue weighted by Gasteiger charge is 2.26. The van der Waals surface area contributed by atoms with Crippen molar-refractivity contribution < 1.29 is 9.59 Å². The molecule has 0 radical (unpaired) electrons. The number of fused-ring (bicyclic) bond motifs is 1. The number of rotatable bonds is 6. The average molecular weight is 426 g/mol. The van der Waals surface area contributed by atoms with Crippen molar-refractivity contribution in [1.29, 1.82) is 0 Å². The first-order valence-electron chi connectivity index (χ1n) is 10.1. The summed E-state index contributed by atoms with van der Waals surface area (Å²) in [6.45, 7) is 7.50. The molecule has 3 N–H and O–H groups in total. The second-order valence-electron chi connectivity index (χ2n) is 8.55. The summed E-state index contributed by atoms with van der Waals surface area (Å²) in [6, 6.07) is 15.1. The largest absolute Gasteiger partial charge is 0.361 e. The van der Waals surface area contributed by atoms with Crippen LogP contribution in [0.4, 0.5) is 0 Å². The van der Waals surface area contributed by atoms with Crippen molar-refractivity contribution in [3.8, 4) is 0 Å². The summed E-state index contributed by atoms with van der Waals surface area (Å²) in [5.41, 5.74) is 2.47. The lowest BCUT2D eigenvalue weighted by Gasteiger charge is -2.23. The normalized spacial score (nSPS) is 13.6. The molecule has 0 unspecified atom stereocenters. The van der Waals surface area contributed by atoms with Crippen LogP contribution in [0.1, 0.15) is 44.7 Å². The number of carbonyl (C=O) groups excluding carboxylic acids is 2. The van der Waals surface area contributed by atoms with Gasteiger partial charge >= 0.3 is 0 Å². The van der Waals surface area contributed by atoms with Crippen molar-refractivity contribution >= 4 is 34.3 Å². The van der Waals surface area contributed by atoms with E-state index in [0.29, 0.717) is 11.6 Å². The van der Waals surface area contributed by atoms with E-state index in [9.17, 15) is 9.59 Å². The number of nitrogens with one attached hydrogen (secondary N) is 3. The average Bonchev–Trinajstić information content (AvgIpc) is 3.12. The fourth-order valence-electron chi connectivity index (χ4n) is 3.36. The molecule has 1 aromatic heterocycles. The van der Waals surface area contributed by atoms with Gasteiger partial charge in [0.15, 0.2) is 0 Å². The summed E-state index contributed by atoms with van der Waals surface area (Å²) in [5.74, 6) is -0.529. The van der Waals surface area contributed by atoms with E-state index in [1.807, 2.05) is 69.4 Å². The molecule has 6 heteroatoms. The van der Waals surface area contributed by atoms with E-state index < -0.39 is 11.5 Å². The van der Waals surface area contributed by atoms with Gasteiger partial charge in [-0.15, -0.1) is 0 Å². The van der Waals surface area contributed by atoms with E-state index in [0.717, 1.165) is 22.0 Å². The standard InChI is InChI=1S/C24H28ClN3O2/c1-15(28-23(30)24(2,3)4)22(29)27-14-18(16-9-5-7-11-20(16)25)19-13-26-21-12-8-6-10-17(19)21/h5-13,15,18,26H,14H2,1-4H3,(H,27,29)(H,28,30)/t15-,18-/m0/s1. The Bertz CT molecular complexity index is 1050. The lowest BCUT2D eigenvalue weighted by atomic mass is 9.90. The molecule has 2 aromatic carbocycles. The molecule has 0 bridgehead atoms. The quantitative estimate of drug-likeness (QED) is 0.539. The number of benzene rings is 2. The Hall–Kier alpha value is -2.79. The number of hydrogen-bond donors (Lipinski definition) is 3. The number of hydrogen-bond acceptors (Lipinski definition) is 2. The van der Waals surface area contributed by atoms with Crippen LogP contribution in [0, 0.1) is 5.41 Å². The highest BCUT2D eigenvalue weighted by Crippen LogP contribution is 2.34. The molecular formula is C24H28ClN3O2. The maximum absolute atomic E-state index is 12.7. The van der Waals surface area contributed by atoms with E-state index in [2.05, 4.69) is 21.7 Å². The highest BCUT2D eigenvalue weighted by atomic mass is 35.5. The minimum Gasteiger partial charge on any atom is -0.361 e. The Morgan fingerprint density at radius 2 is 1.70 bits per heavy atom. The van der Waals surface area contributed by atoms with E-state index in [4.69, 9.17) is 11.6 Å². The molecule has 0 aliphatic carbocycles. The van der Waals surface area contributed by atoms with Gasteiger partial charge in [0.2, 0.25) is 11.8 Å². The minimum absolute atomic E-state index is 0.135. The van der Waals surface area contributed by atoms with Gasteiger partial charge in [0, 0.05) is 40.0 Å². The lowest BCUT2D eigenvalue weighted by Crippen LogP contribution is -2.48. The zero-order chi connectivity index (χ0) is 21.9. The van der Waals surface area contributed by atoms with Crippen LogP contribution in [-0.2, 0) is 9.59 Å². The number of para-hydroxylation sites is 1. The topological polar surface area (TPSA) is 74.0 Å². The predicted molar refractivity (Wildman–Crippen MR) is 122 cm³/mol. The maximum Gasteiger partial charge on any atom is 0.242 e. The summed E-state index contributed by atoms with van der Waals surface area (Å²) in [4.78, 5) is 28.2. The van der Waals surface area contributed by atoms with Crippen LogP contribution in [-0.4, -0.2) is 29.4 Å². The monoisotopic (exact) mass is 425 g/mol. The Morgan fingerprint density at radius 3 is 2.40 bits per heavy atom. The molecule has 0 saturated carbocycles. The highest BCUT2D eigenvalue weighted by molar-refractivity contribution is 6.31. The van der Waals surface area contributed by atoms with E-state index in [-0.39, 0.29) is 17.7 Å². The fourth-order valence-corrected chi connectivity index (χ4v) is 3.63. The van der Waals surface area contributed by atoms with Crippen LogP contribution in [0.15, 0.2) is 54.7 Å². The molecule has 1 heterocycles. The molecule has 3 aromatic rings. The van der Waals surface area contributed by atoms with Gasteiger partial charge in [-0.05, 0) is 30.2 Å². The molecular weight excluding hydrogens is 398 g/mol. The summed E-state index contributed by atoms with van der Waals surface area (Å²) in [7, 11) is 0. The molecule has 2 atom stereocenters. The molecule has 0 fully saturated rings. The van der Waals surface area contributed by atoms with Gasteiger partial charge in [0.1, 0.15) is 6.04 Å². The molecule has 0 aliphatic heterocycles. The van der Waals surface area contributed by atoms with E-state index in [1.54, 1.807) is 6.92 Å². The Balaban J connectivity index is 1.83. The van der Waals surface area contributed by atoms with Crippen LogP contribution >= 0.6 is 11.6 Å². The molecule has 158 valence electrons. The maximum atomic E-state index is 12.7. The summed E-state index contributed by atoms with van der Waals surface area (Å²) in [6.07, 6.45) is 1.97. The first-order chi connectivity index (χ1) is 14.2. The molecule has 5 nitrogen and oxygen atoms in total. The van der Waals surface area contributed by atoms with E-state index in [1.165, 1.54) is 0 Å². The van der Waals surface area contributed by atoms with Gasteiger partial charge < -0.3 is 15.6 Å². The van der Waals surface area contributed by atoms with Crippen LogP contribution in [0.3, 0.4) is 0 Å². The Labute approximate surface area is 182 Å². The number of aromatic nitrogens is 1. The molecule has 30 heavy (non-hydrogen) atoms.